The smallest absolute Gasteiger partial charge is 0.252 e. The zero-order valence-electron chi connectivity index (χ0n) is 19.2. The molecule has 3 aromatic carbocycles. The van der Waals surface area contributed by atoms with Crippen LogP contribution in [-0.2, 0) is 13.0 Å². The molecule has 1 aliphatic heterocycles. The third-order valence-electron chi connectivity index (χ3n) is 5.90. The summed E-state index contributed by atoms with van der Waals surface area (Å²) in [7, 11) is 0. The number of carbonyl (C=O) groups excluding carboxylic acids is 1. The van der Waals surface area contributed by atoms with Crippen molar-refractivity contribution in [2.45, 2.75) is 25.6 Å². The minimum Gasteiger partial charge on any atom is -0.348 e. The predicted molar refractivity (Wildman–Crippen MR) is 137 cm³/mol. The number of aliphatic imine (C=N–C) groups is 1. The van der Waals surface area contributed by atoms with Crippen LogP contribution in [0.4, 0.5) is 0 Å². The van der Waals surface area contributed by atoms with E-state index in [1.807, 2.05) is 66.7 Å². The van der Waals surface area contributed by atoms with Gasteiger partial charge in [-0.3, -0.25) is 9.78 Å². The highest BCUT2D eigenvalue weighted by Crippen LogP contribution is 2.23. The maximum Gasteiger partial charge on any atom is 0.252 e. The summed E-state index contributed by atoms with van der Waals surface area (Å²) in [5.41, 5.74) is 5.77. The summed E-state index contributed by atoms with van der Waals surface area (Å²) in [6, 6.07) is 29.8. The SMILES string of the molecule is O=C(NCc1ccc(CCC2N=NC(c3cccnc3)=N2)cc1)c1ccccc1-c1ccccc1. The number of carbonyl (C=O) groups is 1. The van der Waals surface area contributed by atoms with Crippen LogP contribution >= 0.6 is 0 Å². The molecule has 6 nitrogen and oxygen atoms in total. The van der Waals surface area contributed by atoms with Gasteiger partial charge in [0, 0.05) is 30.1 Å². The van der Waals surface area contributed by atoms with E-state index in [1.54, 1.807) is 12.4 Å². The number of benzene rings is 3. The maximum absolute atomic E-state index is 12.9. The lowest BCUT2D eigenvalue weighted by Gasteiger charge is -2.11. The first-order chi connectivity index (χ1) is 17.3. The van der Waals surface area contributed by atoms with Crippen molar-refractivity contribution in [3.63, 3.8) is 0 Å². The van der Waals surface area contributed by atoms with Gasteiger partial charge >= 0.3 is 0 Å². The number of nitrogens with zero attached hydrogens (tertiary/aromatic N) is 4. The summed E-state index contributed by atoms with van der Waals surface area (Å²) < 4.78 is 0. The fraction of sp³-hybridized carbons (Fsp3) is 0.138. The summed E-state index contributed by atoms with van der Waals surface area (Å²) >= 11 is 0. The molecule has 0 saturated carbocycles. The number of azo groups is 1. The molecule has 0 fully saturated rings. The third-order valence-corrected chi connectivity index (χ3v) is 5.90. The van der Waals surface area contributed by atoms with Gasteiger partial charge in [-0.25, -0.2) is 4.99 Å². The van der Waals surface area contributed by atoms with E-state index in [0.29, 0.717) is 17.9 Å². The Hall–Kier alpha value is -4.45. The Kier molecular flexibility index (Phi) is 6.80. The quantitative estimate of drug-likeness (QED) is 0.359. The van der Waals surface area contributed by atoms with E-state index in [-0.39, 0.29) is 12.1 Å². The molecule has 0 saturated heterocycles. The van der Waals surface area contributed by atoms with E-state index in [0.717, 1.165) is 35.1 Å². The van der Waals surface area contributed by atoms with Gasteiger partial charge in [-0.2, -0.15) is 5.11 Å². The first-order valence-electron chi connectivity index (χ1n) is 11.7. The number of amidine groups is 1. The third kappa shape index (κ3) is 5.55. The highest BCUT2D eigenvalue weighted by molar-refractivity contribution is 6.01. The molecule has 35 heavy (non-hydrogen) atoms. The van der Waals surface area contributed by atoms with Gasteiger partial charge in [-0.1, -0.05) is 72.8 Å². The van der Waals surface area contributed by atoms with Gasteiger partial charge in [-0.05, 0) is 53.3 Å². The van der Waals surface area contributed by atoms with Crippen LogP contribution in [0.5, 0.6) is 0 Å². The van der Waals surface area contributed by atoms with Gasteiger partial charge in [0.25, 0.3) is 5.91 Å². The minimum atomic E-state index is -0.158. The van der Waals surface area contributed by atoms with E-state index in [2.05, 4.69) is 49.8 Å². The number of aryl methyl sites for hydroxylation is 1. The van der Waals surface area contributed by atoms with Gasteiger partial charge in [0.15, 0.2) is 12.0 Å². The molecular weight excluding hydrogens is 434 g/mol. The molecule has 1 N–H and O–H groups in total. The van der Waals surface area contributed by atoms with Crippen LogP contribution in [0.3, 0.4) is 0 Å². The Labute approximate surface area is 204 Å². The molecular formula is C29H25N5O. The van der Waals surface area contributed by atoms with Crippen molar-refractivity contribution in [2.75, 3.05) is 0 Å². The Morgan fingerprint density at radius 2 is 1.54 bits per heavy atom. The number of rotatable bonds is 8. The van der Waals surface area contributed by atoms with Crippen LogP contribution < -0.4 is 5.32 Å². The minimum absolute atomic E-state index is 0.0811. The van der Waals surface area contributed by atoms with Crippen LogP contribution in [-0.4, -0.2) is 22.9 Å². The summed E-state index contributed by atoms with van der Waals surface area (Å²) in [5.74, 6) is 0.561. The van der Waals surface area contributed by atoms with Crippen LogP contribution in [0, 0.1) is 0 Å². The van der Waals surface area contributed by atoms with Gasteiger partial charge in [0.1, 0.15) is 0 Å². The van der Waals surface area contributed by atoms with Gasteiger partial charge in [-0.15, -0.1) is 5.11 Å². The Bertz CT molecular complexity index is 1350. The van der Waals surface area contributed by atoms with Crippen molar-refractivity contribution in [3.8, 4) is 11.1 Å². The van der Waals surface area contributed by atoms with Crippen molar-refractivity contribution in [3.05, 3.63) is 126 Å². The van der Waals surface area contributed by atoms with Crippen molar-refractivity contribution < 1.29 is 4.79 Å². The molecule has 1 atom stereocenters. The molecule has 4 aromatic rings. The normalized spacial score (nSPS) is 14.5. The maximum atomic E-state index is 12.9. The Balaban J connectivity index is 1.15. The number of hydrogen-bond acceptors (Lipinski definition) is 5. The van der Waals surface area contributed by atoms with Gasteiger partial charge in [0.05, 0.1) is 0 Å². The lowest BCUT2D eigenvalue weighted by Crippen LogP contribution is -2.23. The lowest BCUT2D eigenvalue weighted by atomic mass is 9.99. The Morgan fingerprint density at radius 3 is 2.34 bits per heavy atom. The largest absolute Gasteiger partial charge is 0.348 e. The van der Waals surface area contributed by atoms with Crippen molar-refractivity contribution in [2.24, 2.45) is 15.2 Å². The molecule has 1 unspecified atom stereocenters. The number of hydrogen-bond donors (Lipinski definition) is 1. The summed E-state index contributed by atoms with van der Waals surface area (Å²) in [6.45, 7) is 0.470. The van der Waals surface area contributed by atoms with Crippen LogP contribution in [0.15, 0.2) is 119 Å². The molecule has 172 valence electrons. The van der Waals surface area contributed by atoms with Gasteiger partial charge < -0.3 is 5.32 Å². The summed E-state index contributed by atoms with van der Waals surface area (Å²) in [6.07, 6.45) is 4.96. The lowest BCUT2D eigenvalue weighted by molar-refractivity contribution is 0.0951. The molecule has 1 aliphatic rings. The average molecular weight is 460 g/mol. The monoisotopic (exact) mass is 459 g/mol. The van der Waals surface area contributed by atoms with Crippen LogP contribution in [0.25, 0.3) is 11.1 Å². The van der Waals surface area contributed by atoms with E-state index in [4.69, 9.17) is 0 Å². The van der Waals surface area contributed by atoms with Crippen molar-refractivity contribution in [1.82, 2.24) is 10.3 Å². The number of nitrogens with one attached hydrogen (secondary N) is 1. The van der Waals surface area contributed by atoms with Crippen molar-refractivity contribution in [1.29, 1.82) is 0 Å². The zero-order valence-corrected chi connectivity index (χ0v) is 19.2. The standard InChI is InChI=1S/C29H25N5O/c35-29(26-11-5-4-10-25(26)23-7-2-1-3-8-23)31-19-22-14-12-21(13-15-22)16-17-27-32-28(34-33-27)24-9-6-18-30-20-24/h1-15,18,20,27H,16-17,19H2,(H,31,35). The first-order valence-corrected chi connectivity index (χ1v) is 11.7. The van der Waals surface area contributed by atoms with E-state index >= 15 is 0 Å². The molecule has 0 spiro atoms. The van der Waals surface area contributed by atoms with E-state index < -0.39 is 0 Å². The van der Waals surface area contributed by atoms with Crippen LogP contribution in [0.1, 0.15) is 33.5 Å². The second kappa shape index (κ2) is 10.7. The van der Waals surface area contributed by atoms with Gasteiger partial charge in [0.2, 0.25) is 0 Å². The van der Waals surface area contributed by atoms with Crippen LogP contribution in [0.2, 0.25) is 0 Å². The highest BCUT2D eigenvalue weighted by atomic mass is 16.1. The molecule has 2 heterocycles. The number of pyridine rings is 1. The second-order valence-corrected chi connectivity index (χ2v) is 8.34. The topological polar surface area (TPSA) is 79.1 Å². The number of amides is 1. The second-order valence-electron chi connectivity index (χ2n) is 8.34. The Morgan fingerprint density at radius 1 is 0.800 bits per heavy atom. The van der Waals surface area contributed by atoms with E-state index in [9.17, 15) is 4.79 Å². The summed E-state index contributed by atoms with van der Waals surface area (Å²) in [5, 5.41) is 11.5. The molecule has 1 amide bonds. The summed E-state index contributed by atoms with van der Waals surface area (Å²) in [4.78, 5) is 21.6. The van der Waals surface area contributed by atoms with E-state index in [1.165, 1.54) is 5.56 Å². The van der Waals surface area contributed by atoms with Crippen molar-refractivity contribution >= 4 is 11.7 Å². The fourth-order valence-electron chi connectivity index (χ4n) is 4.01. The molecule has 1 aromatic heterocycles. The first kappa shape index (κ1) is 22.3. The molecule has 5 rings (SSSR count). The molecule has 0 bridgehead atoms. The fourth-order valence-corrected chi connectivity index (χ4v) is 4.01. The highest BCUT2D eigenvalue weighted by Gasteiger charge is 2.16. The molecule has 0 aliphatic carbocycles. The molecule has 0 radical (unpaired) electrons. The molecule has 6 heteroatoms. The predicted octanol–water partition coefficient (Wildman–Crippen LogP) is 5.85. The zero-order chi connectivity index (χ0) is 23.9. The number of aromatic nitrogens is 1. The average Bonchev–Trinajstić information content (AvgIpc) is 3.41.